The van der Waals surface area contributed by atoms with Gasteiger partial charge in [-0.2, -0.15) is 10.1 Å². The third-order valence-corrected chi connectivity index (χ3v) is 5.66. The largest absolute Gasteiger partial charge is 0.488 e. The molecule has 3 aromatic carbocycles. The number of hydrazone groups is 1. The molecule has 32 heavy (non-hydrogen) atoms. The summed E-state index contributed by atoms with van der Waals surface area (Å²) in [6, 6.07) is 21.1. The summed E-state index contributed by atoms with van der Waals surface area (Å²) in [6.07, 6.45) is 1.64. The molecule has 0 aliphatic heterocycles. The number of H-pyrrole nitrogens is 1. The summed E-state index contributed by atoms with van der Waals surface area (Å²) in [6.45, 7) is 0.347. The fourth-order valence-electron chi connectivity index (χ4n) is 3.25. The van der Waals surface area contributed by atoms with Crippen LogP contribution in [0.15, 0.2) is 76.3 Å². The Morgan fingerprint density at radius 1 is 1.06 bits per heavy atom. The number of nitrogens with one attached hydrogen (secondary N) is 2. The van der Waals surface area contributed by atoms with Crippen LogP contribution in [-0.4, -0.2) is 26.4 Å². The van der Waals surface area contributed by atoms with Crippen LogP contribution < -0.4 is 10.2 Å². The van der Waals surface area contributed by atoms with Crippen LogP contribution in [0, 0.1) is 0 Å². The number of halogens is 2. The molecular formula is C23H16BrClN6O. The molecule has 5 aromatic rings. The Bertz CT molecular complexity index is 1450. The molecule has 5 rings (SSSR count). The highest BCUT2D eigenvalue weighted by Gasteiger charge is 2.09. The van der Waals surface area contributed by atoms with Crippen molar-refractivity contribution in [3.8, 4) is 5.75 Å². The molecule has 0 spiro atoms. The van der Waals surface area contributed by atoms with Gasteiger partial charge in [-0.1, -0.05) is 63.9 Å². The van der Waals surface area contributed by atoms with Gasteiger partial charge in [0.15, 0.2) is 5.65 Å². The molecular weight excluding hydrogens is 492 g/mol. The number of hydrogen-bond acceptors (Lipinski definition) is 6. The second-order valence-corrected chi connectivity index (χ2v) is 8.26. The average Bonchev–Trinajstić information content (AvgIpc) is 3.17. The Labute approximate surface area is 196 Å². The maximum atomic E-state index is 6.23. The summed E-state index contributed by atoms with van der Waals surface area (Å²) in [5.74, 6) is 0.956. The van der Waals surface area contributed by atoms with Crippen LogP contribution in [0.3, 0.4) is 0 Å². The van der Waals surface area contributed by atoms with Crippen molar-refractivity contribution in [1.82, 2.24) is 20.2 Å². The second kappa shape index (κ2) is 8.94. The second-order valence-electron chi connectivity index (χ2n) is 6.94. The van der Waals surface area contributed by atoms with Gasteiger partial charge >= 0.3 is 0 Å². The van der Waals surface area contributed by atoms with Crippen molar-refractivity contribution < 1.29 is 4.74 Å². The Morgan fingerprint density at radius 3 is 2.81 bits per heavy atom. The maximum Gasteiger partial charge on any atom is 0.265 e. The van der Waals surface area contributed by atoms with Crippen molar-refractivity contribution in [3.05, 3.63) is 87.4 Å². The summed E-state index contributed by atoms with van der Waals surface area (Å²) < 4.78 is 6.88. The Morgan fingerprint density at radius 2 is 1.91 bits per heavy atom. The fourth-order valence-corrected chi connectivity index (χ4v) is 3.82. The van der Waals surface area contributed by atoms with Crippen molar-refractivity contribution in [2.75, 3.05) is 5.43 Å². The molecule has 2 N–H and O–H groups in total. The van der Waals surface area contributed by atoms with Gasteiger partial charge < -0.3 is 9.72 Å². The van der Waals surface area contributed by atoms with Gasteiger partial charge in [0.05, 0.1) is 6.21 Å². The predicted molar refractivity (Wildman–Crippen MR) is 130 cm³/mol. The molecule has 0 unspecified atom stereocenters. The van der Waals surface area contributed by atoms with Crippen molar-refractivity contribution in [1.29, 1.82) is 0 Å². The molecule has 9 heteroatoms. The number of aromatic amines is 1. The third-order valence-electron chi connectivity index (χ3n) is 4.80. The SMILES string of the molecule is Clc1ccccc1COc1ccc(Br)cc1/C=N/Nc1nnc2c(n1)[nH]c1ccccc12. The van der Waals surface area contributed by atoms with E-state index in [0.29, 0.717) is 23.0 Å². The minimum absolute atomic E-state index is 0.286. The molecule has 0 bridgehead atoms. The number of ether oxygens (including phenoxy) is 1. The number of benzene rings is 3. The lowest BCUT2D eigenvalue weighted by molar-refractivity contribution is 0.306. The minimum atomic E-state index is 0.286. The normalized spacial score (nSPS) is 11.4. The lowest BCUT2D eigenvalue weighted by atomic mass is 10.2. The number of fused-ring (bicyclic) bond motifs is 3. The van der Waals surface area contributed by atoms with E-state index in [2.05, 4.69) is 46.6 Å². The Balaban J connectivity index is 1.34. The molecule has 0 saturated carbocycles. The van der Waals surface area contributed by atoms with E-state index in [4.69, 9.17) is 16.3 Å². The molecule has 2 heterocycles. The smallest absolute Gasteiger partial charge is 0.265 e. The highest BCUT2D eigenvalue weighted by atomic mass is 79.9. The standard InChI is InChI=1S/C23H16BrClN6O/c24-16-9-10-20(32-13-14-5-1-3-7-18(14)25)15(11-16)12-26-30-23-28-22-21(29-31-23)17-6-2-4-8-19(17)27-22/h1-12H,13H2,(H2,27,28,30,31)/b26-12+. The van der Waals surface area contributed by atoms with Crippen LogP contribution in [0.25, 0.3) is 22.1 Å². The van der Waals surface area contributed by atoms with Crippen LogP contribution in [0.2, 0.25) is 5.02 Å². The first-order chi connectivity index (χ1) is 15.7. The van der Waals surface area contributed by atoms with E-state index in [9.17, 15) is 0 Å². The van der Waals surface area contributed by atoms with Crippen LogP contribution in [0.4, 0.5) is 5.95 Å². The number of anilines is 1. The van der Waals surface area contributed by atoms with Crippen LogP contribution in [-0.2, 0) is 6.61 Å². The van der Waals surface area contributed by atoms with E-state index in [-0.39, 0.29) is 5.95 Å². The molecule has 0 radical (unpaired) electrons. The van der Waals surface area contributed by atoms with Gasteiger partial charge in [0.25, 0.3) is 5.95 Å². The lowest BCUT2D eigenvalue weighted by Gasteiger charge is -2.10. The summed E-state index contributed by atoms with van der Waals surface area (Å²) in [5, 5.41) is 14.3. The number of nitrogens with zero attached hydrogens (tertiary/aromatic N) is 4. The van der Waals surface area contributed by atoms with Gasteiger partial charge in [-0.25, -0.2) is 5.43 Å². The Hall–Kier alpha value is -3.49. The highest BCUT2D eigenvalue weighted by Crippen LogP contribution is 2.25. The van der Waals surface area contributed by atoms with Gasteiger partial charge in [-0.3, -0.25) is 0 Å². The van der Waals surface area contributed by atoms with E-state index < -0.39 is 0 Å². The summed E-state index contributed by atoms with van der Waals surface area (Å²) in [4.78, 5) is 7.70. The molecule has 158 valence electrons. The number of hydrogen-bond donors (Lipinski definition) is 2. The molecule has 7 nitrogen and oxygen atoms in total. The van der Waals surface area contributed by atoms with E-state index in [1.807, 2.05) is 66.7 Å². The summed E-state index contributed by atoms with van der Waals surface area (Å²) >= 11 is 9.72. The highest BCUT2D eigenvalue weighted by molar-refractivity contribution is 9.10. The zero-order valence-corrected chi connectivity index (χ0v) is 18.9. The minimum Gasteiger partial charge on any atom is -0.488 e. The lowest BCUT2D eigenvalue weighted by Crippen LogP contribution is -2.01. The average molecular weight is 508 g/mol. The first-order valence-corrected chi connectivity index (χ1v) is 10.9. The number of rotatable bonds is 6. The molecule has 0 aliphatic carbocycles. The maximum absolute atomic E-state index is 6.23. The number of aromatic nitrogens is 4. The van der Waals surface area contributed by atoms with Gasteiger partial charge in [0.1, 0.15) is 17.9 Å². The Kier molecular flexibility index (Phi) is 5.70. The van der Waals surface area contributed by atoms with Gasteiger partial charge in [0.2, 0.25) is 0 Å². The number of para-hydroxylation sites is 1. The molecule has 0 amide bonds. The van der Waals surface area contributed by atoms with E-state index in [1.165, 1.54) is 0 Å². The molecule has 0 atom stereocenters. The van der Waals surface area contributed by atoms with Crippen molar-refractivity contribution in [2.45, 2.75) is 6.61 Å². The zero-order chi connectivity index (χ0) is 21.9. The summed E-state index contributed by atoms with van der Waals surface area (Å²) in [7, 11) is 0. The van der Waals surface area contributed by atoms with Crippen LogP contribution >= 0.6 is 27.5 Å². The van der Waals surface area contributed by atoms with Gasteiger partial charge in [-0.05, 0) is 30.3 Å². The molecule has 2 aromatic heterocycles. The summed E-state index contributed by atoms with van der Waals surface area (Å²) in [5.41, 5.74) is 6.84. The fraction of sp³-hybridized carbons (Fsp3) is 0.0435. The van der Waals surface area contributed by atoms with Crippen LogP contribution in [0.1, 0.15) is 11.1 Å². The first-order valence-electron chi connectivity index (χ1n) is 9.73. The first kappa shape index (κ1) is 20.4. The topological polar surface area (TPSA) is 88.1 Å². The van der Waals surface area contributed by atoms with Gasteiger partial charge in [-0.15, -0.1) is 10.2 Å². The van der Waals surface area contributed by atoms with Crippen molar-refractivity contribution >= 4 is 61.8 Å². The predicted octanol–water partition coefficient (Wildman–Crippen LogP) is 5.95. The van der Waals surface area contributed by atoms with Crippen molar-refractivity contribution in [3.63, 3.8) is 0 Å². The molecule has 0 aliphatic rings. The van der Waals surface area contributed by atoms with Crippen LogP contribution in [0.5, 0.6) is 5.75 Å². The third kappa shape index (κ3) is 4.28. The quantitative estimate of drug-likeness (QED) is 0.219. The monoisotopic (exact) mass is 506 g/mol. The van der Waals surface area contributed by atoms with Gasteiger partial charge in [0, 0.05) is 31.5 Å². The van der Waals surface area contributed by atoms with E-state index in [1.54, 1.807) is 6.21 Å². The van der Waals surface area contributed by atoms with E-state index >= 15 is 0 Å². The van der Waals surface area contributed by atoms with Crippen molar-refractivity contribution in [2.24, 2.45) is 5.10 Å². The zero-order valence-electron chi connectivity index (χ0n) is 16.6. The molecule has 0 saturated heterocycles. The van der Waals surface area contributed by atoms with E-state index in [0.717, 1.165) is 32.0 Å². The molecule has 0 fully saturated rings.